The molecule has 0 aromatic carbocycles. The Hall–Kier alpha value is -1.62. The minimum absolute atomic E-state index is 0.114. The molecule has 1 amide bonds. The second-order valence-corrected chi connectivity index (χ2v) is 5.00. The number of carbonyl (C=O) groups excluding carboxylic acids is 1. The van der Waals surface area contributed by atoms with Crippen molar-refractivity contribution in [1.29, 1.82) is 0 Å². The number of amides is 1. The highest BCUT2D eigenvalue weighted by molar-refractivity contribution is 5.92. The molecule has 0 radical (unpaired) electrons. The van der Waals surface area contributed by atoms with E-state index >= 15 is 0 Å². The maximum Gasteiger partial charge on any atom is 0.270 e. The molecule has 1 aromatic heterocycles. The van der Waals surface area contributed by atoms with E-state index in [-0.39, 0.29) is 11.9 Å². The highest BCUT2D eigenvalue weighted by Gasteiger charge is 2.24. The zero-order valence-corrected chi connectivity index (χ0v) is 10.9. The molecule has 2 unspecified atom stereocenters. The summed E-state index contributed by atoms with van der Waals surface area (Å²) in [7, 11) is 2.12. The molecule has 5 nitrogen and oxygen atoms in total. The van der Waals surface area contributed by atoms with Crippen molar-refractivity contribution < 1.29 is 4.79 Å². The van der Waals surface area contributed by atoms with Gasteiger partial charge in [-0.15, -0.1) is 0 Å². The van der Waals surface area contributed by atoms with E-state index in [1.165, 1.54) is 6.20 Å². The number of piperidine rings is 1. The first-order valence-corrected chi connectivity index (χ1v) is 6.29. The number of carbonyl (C=O) groups is 1. The van der Waals surface area contributed by atoms with Crippen LogP contribution in [-0.4, -0.2) is 41.5 Å². The van der Waals surface area contributed by atoms with Crippen LogP contribution in [0.2, 0.25) is 0 Å². The van der Waals surface area contributed by atoms with E-state index in [1.54, 1.807) is 12.1 Å². The SMILES string of the molecule is CC1CC(NC(=O)c2ccc(N)cn2)CCN1C. The lowest BCUT2D eigenvalue weighted by Crippen LogP contribution is -2.47. The average Bonchev–Trinajstić information content (AvgIpc) is 2.34. The highest BCUT2D eigenvalue weighted by atomic mass is 16.1. The summed E-state index contributed by atoms with van der Waals surface area (Å²) in [4.78, 5) is 18.3. The number of pyridine rings is 1. The molecule has 5 heteroatoms. The second-order valence-electron chi connectivity index (χ2n) is 5.00. The average molecular weight is 248 g/mol. The van der Waals surface area contributed by atoms with Crippen LogP contribution < -0.4 is 11.1 Å². The van der Waals surface area contributed by atoms with Gasteiger partial charge in [-0.2, -0.15) is 0 Å². The molecule has 0 spiro atoms. The van der Waals surface area contributed by atoms with Crippen molar-refractivity contribution in [2.45, 2.75) is 31.8 Å². The van der Waals surface area contributed by atoms with Crippen molar-refractivity contribution in [3.63, 3.8) is 0 Å². The van der Waals surface area contributed by atoms with Crippen LogP contribution in [0.5, 0.6) is 0 Å². The molecule has 0 aliphatic carbocycles. The van der Waals surface area contributed by atoms with E-state index in [1.807, 2.05) is 0 Å². The van der Waals surface area contributed by atoms with E-state index in [4.69, 9.17) is 5.73 Å². The van der Waals surface area contributed by atoms with Gasteiger partial charge in [0.1, 0.15) is 5.69 Å². The number of hydrogen-bond acceptors (Lipinski definition) is 4. The van der Waals surface area contributed by atoms with Crippen LogP contribution in [0.1, 0.15) is 30.3 Å². The minimum Gasteiger partial charge on any atom is -0.397 e. The smallest absolute Gasteiger partial charge is 0.270 e. The zero-order valence-electron chi connectivity index (χ0n) is 10.9. The van der Waals surface area contributed by atoms with E-state index in [2.05, 4.69) is 29.2 Å². The molecule has 0 bridgehead atoms. The van der Waals surface area contributed by atoms with Gasteiger partial charge in [0.05, 0.1) is 11.9 Å². The van der Waals surface area contributed by atoms with Crippen LogP contribution in [0, 0.1) is 0 Å². The molecule has 2 atom stereocenters. The number of likely N-dealkylation sites (tertiary alicyclic amines) is 1. The standard InChI is InChI=1S/C13H20N4O/c1-9-7-11(5-6-17(9)2)16-13(18)12-4-3-10(14)8-15-12/h3-4,8-9,11H,5-7,14H2,1-2H3,(H,16,18). The number of rotatable bonds is 2. The number of nitrogen functional groups attached to an aromatic ring is 1. The Bertz CT molecular complexity index is 418. The van der Waals surface area contributed by atoms with Gasteiger partial charge in [0.25, 0.3) is 5.91 Å². The fourth-order valence-corrected chi connectivity index (χ4v) is 2.22. The number of nitrogens with two attached hydrogens (primary N) is 1. The lowest BCUT2D eigenvalue weighted by molar-refractivity contribution is 0.0891. The van der Waals surface area contributed by atoms with Crippen LogP contribution in [0.25, 0.3) is 0 Å². The third kappa shape index (κ3) is 2.98. The molecule has 2 rings (SSSR count). The van der Waals surface area contributed by atoms with E-state index in [0.717, 1.165) is 19.4 Å². The molecular weight excluding hydrogens is 228 g/mol. The molecule has 1 saturated heterocycles. The van der Waals surface area contributed by atoms with Gasteiger partial charge in [-0.3, -0.25) is 4.79 Å². The summed E-state index contributed by atoms with van der Waals surface area (Å²) >= 11 is 0. The van der Waals surface area contributed by atoms with E-state index < -0.39 is 0 Å². The molecule has 18 heavy (non-hydrogen) atoms. The van der Waals surface area contributed by atoms with Crippen LogP contribution in [-0.2, 0) is 0 Å². The van der Waals surface area contributed by atoms with E-state index in [0.29, 0.717) is 17.4 Å². The van der Waals surface area contributed by atoms with Gasteiger partial charge in [-0.1, -0.05) is 0 Å². The minimum atomic E-state index is -0.114. The number of anilines is 1. The summed E-state index contributed by atoms with van der Waals surface area (Å²) in [6.45, 7) is 3.20. The molecular formula is C13H20N4O. The first-order valence-electron chi connectivity index (χ1n) is 6.29. The monoisotopic (exact) mass is 248 g/mol. The summed E-state index contributed by atoms with van der Waals surface area (Å²) in [6, 6.07) is 4.09. The Balaban J connectivity index is 1.93. The fourth-order valence-electron chi connectivity index (χ4n) is 2.22. The molecule has 2 heterocycles. The normalized spacial score (nSPS) is 24.8. The van der Waals surface area contributed by atoms with Crippen LogP contribution in [0.3, 0.4) is 0 Å². The fraction of sp³-hybridized carbons (Fsp3) is 0.538. The molecule has 0 saturated carbocycles. The predicted octanol–water partition coefficient (Wildman–Crippen LogP) is 0.876. The summed E-state index contributed by atoms with van der Waals surface area (Å²) in [6.07, 6.45) is 3.48. The quantitative estimate of drug-likeness (QED) is 0.815. The zero-order chi connectivity index (χ0) is 13.1. The maximum absolute atomic E-state index is 12.0. The third-order valence-corrected chi connectivity index (χ3v) is 3.56. The predicted molar refractivity (Wildman–Crippen MR) is 71.2 cm³/mol. The highest BCUT2D eigenvalue weighted by Crippen LogP contribution is 2.15. The summed E-state index contributed by atoms with van der Waals surface area (Å²) in [5.41, 5.74) is 6.54. The number of aromatic nitrogens is 1. The van der Waals surface area contributed by atoms with Crippen molar-refractivity contribution in [3.8, 4) is 0 Å². The Kier molecular flexibility index (Phi) is 3.81. The van der Waals surface area contributed by atoms with Crippen LogP contribution in [0.4, 0.5) is 5.69 Å². The molecule has 1 aliphatic heterocycles. The molecule has 98 valence electrons. The van der Waals surface area contributed by atoms with Crippen LogP contribution >= 0.6 is 0 Å². The van der Waals surface area contributed by atoms with Gasteiger partial charge < -0.3 is 16.0 Å². The Labute approximate surface area is 107 Å². The third-order valence-electron chi connectivity index (χ3n) is 3.56. The summed E-state index contributed by atoms with van der Waals surface area (Å²) < 4.78 is 0. The van der Waals surface area contributed by atoms with Crippen molar-refractivity contribution in [2.75, 3.05) is 19.3 Å². The first kappa shape index (κ1) is 12.8. The Morgan fingerprint density at radius 2 is 2.33 bits per heavy atom. The number of hydrogen-bond donors (Lipinski definition) is 2. The topological polar surface area (TPSA) is 71.2 Å². The van der Waals surface area contributed by atoms with Gasteiger partial charge in [0.15, 0.2) is 0 Å². The van der Waals surface area contributed by atoms with Gasteiger partial charge in [0, 0.05) is 18.6 Å². The van der Waals surface area contributed by atoms with Crippen molar-refractivity contribution >= 4 is 11.6 Å². The van der Waals surface area contributed by atoms with Gasteiger partial charge in [-0.05, 0) is 38.9 Å². The van der Waals surface area contributed by atoms with Crippen molar-refractivity contribution in [1.82, 2.24) is 15.2 Å². The van der Waals surface area contributed by atoms with Crippen molar-refractivity contribution in [3.05, 3.63) is 24.0 Å². The number of nitrogens with one attached hydrogen (secondary N) is 1. The molecule has 1 aliphatic rings. The second kappa shape index (κ2) is 5.35. The van der Waals surface area contributed by atoms with Crippen molar-refractivity contribution in [2.24, 2.45) is 0 Å². The first-order chi connectivity index (χ1) is 8.56. The lowest BCUT2D eigenvalue weighted by Gasteiger charge is -2.35. The lowest BCUT2D eigenvalue weighted by atomic mass is 9.99. The van der Waals surface area contributed by atoms with Gasteiger partial charge in [0.2, 0.25) is 0 Å². The maximum atomic E-state index is 12.0. The molecule has 1 aromatic rings. The van der Waals surface area contributed by atoms with Crippen LogP contribution in [0.15, 0.2) is 18.3 Å². The molecule has 3 N–H and O–H groups in total. The number of nitrogens with zero attached hydrogens (tertiary/aromatic N) is 2. The molecule has 1 fully saturated rings. The van der Waals surface area contributed by atoms with Gasteiger partial charge in [-0.25, -0.2) is 4.98 Å². The van der Waals surface area contributed by atoms with E-state index in [9.17, 15) is 4.79 Å². The largest absolute Gasteiger partial charge is 0.397 e. The Morgan fingerprint density at radius 1 is 1.56 bits per heavy atom. The van der Waals surface area contributed by atoms with Gasteiger partial charge >= 0.3 is 0 Å². The Morgan fingerprint density at radius 3 is 2.94 bits per heavy atom. The summed E-state index contributed by atoms with van der Waals surface area (Å²) in [5.74, 6) is -0.114. The summed E-state index contributed by atoms with van der Waals surface area (Å²) in [5, 5.41) is 3.04.